The van der Waals surface area contributed by atoms with Crippen LogP contribution in [0.25, 0.3) is 67.8 Å². The molecule has 7 rings (SSSR count). The fraction of sp³-hybridized carbons (Fsp3) is 0. The van der Waals surface area contributed by atoms with E-state index in [0.717, 1.165) is 33.5 Å². The van der Waals surface area contributed by atoms with E-state index < -0.39 is 5.82 Å². The minimum Gasteiger partial charge on any atom is -0.228 e. The number of aromatic nitrogens is 4. The van der Waals surface area contributed by atoms with Crippen molar-refractivity contribution < 1.29 is 4.39 Å². The van der Waals surface area contributed by atoms with Gasteiger partial charge in [0.25, 0.3) is 0 Å². The van der Waals surface area contributed by atoms with Crippen LogP contribution < -0.4 is 0 Å². The van der Waals surface area contributed by atoms with Crippen LogP contribution in [0.15, 0.2) is 152 Å². The molecule has 2 aromatic heterocycles. The quantitative estimate of drug-likeness (QED) is 0.205. The molecule has 0 saturated heterocycles. The van der Waals surface area contributed by atoms with Gasteiger partial charge >= 0.3 is 0 Å². The zero-order valence-corrected chi connectivity index (χ0v) is 23.1. The summed E-state index contributed by atoms with van der Waals surface area (Å²) in [4.78, 5) is 19.5. The monoisotopic (exact) mass is 556 g/mol. The molecule has 5 heteroatoms. The highest BCUT2D eigenvalue weighted by Crippen LogP contribution is 2.33. The summed E-state index contributed by atoms with van der Waals surface area (Å²) < 4.78 is 15.6. The molecule has 0 unspecified atom stereocenters. The normalized spacial score (nSPS) is 10.9. The molecule has 0 bridgehead atoms. The van der Waals surface area contributed by atoms with E-state index in [4.69, 9.17) is 19.9 Å². The molecule has 2 heterocycles. The molecule has 0 fully saturated rings. The van der Waals surface area contributed by atoms with E-state index >= 15 is 4.39 Å². The average molecular weight is 557 g/mol. The second-order valence-electron chi connectivity index (χ2n) is 10.1. The van der Waals surface area contributed by atoms with Crippen LogP contribution in [0, 0.1) is 5.82 Å². The van der Waals surface area contributed by atoms with Gasteiger partial charge in [0.15, 0.2) is 11.6 Å². The van der Waals surface area contributed by atoms with Crippen LogP contribution in [0.3, 0.4) is 0 Å². The van der Waals surface area contributed by atoms with Gasteiger partial charge in [0.2, 0.25) is 0 Å². The van der Waals surface area contributed by atoms with Crippen molar-refractivity contribution >= 4 is 0 Å². The summed E-state index contributed by atoms with van der Waals surface area (Å²) in [5.41, 5.74) is 7.65. The molecule has 204 valence electrons. The zero-order valence-electron chi connectivity index (χ0n) is 23.1. The second kappa shape index (κ2) is 11.6. The average Bonchev–Trinajstić information content (AvgIpc) is 3.09. The molecule has 0 aliphatic carbocycles. The number of hydrogen-bond acceptors (Lipinski definition) is 4. The van der Waals surface area contributed by atoms with E-state index in [1.54, 1.807) is 12.1 Å². The van der Waals surface area contributed by atoms with Gasteiger partial charge in [-0.05, 0) is 30.3 Å². The van der Waals surface area contributed by atoms with Gasteiger partial charge in [0.1, 0.15) is 5.82 Å². The van der Waals surface area contributed by atoms with E-state index in [0.29, 0.717) is 34.3 Å². The van der Waals surface area contributed by atoms with Crippen molar-refractivity contribution in [2.45, 2.75) is 0 Å². The van der Waals surface area contributed by atoms with E-state index in [1.807, 2.05) is 133 Å². The zero-order chi connectivity index (χ0) is 29.0. The predicted octanol–water partition coefficient (Wildman–Crippen LogP) is 9.41. The van der Waals surface area contributed by atoms with Gasteiger partial charge in [0, 0.05) is 27.8 Å². The third-order valence-electron chi connectivity index (χ3n) is 7.20. The van der Waals surface area contributed by atoms with Crippen LogP contribution in [-0.4, -0.2) is 19.9 Å². The second-order valence-corrected chi connectivity index (χ2v) is 10.1. The third-order valence-corrected chi connectivity index (χ3v) is 7.20. The highest BCUT2D eigenvalue weighted by Gasteiger charge is 2.17. The van der Waals surface area contributed by atoms with Crippen molar-refractivity contribution in [3.05, 3.63) is 157 Å². The van der Waals surface area contributed by atoms with Crippen LogP contribution in [-0.2, 0) is 0 Å². The molecule has 0 aliphatic heterocycles. The molecular formula is C38H25FN4. The third kappa shape index (κ3) is 5.56. The van der Waals surface area contributed by atoms with Gasteiger partial charge in [-0.1, -0.05) is 121 Å². The summed E-state index contributed by atoms with van der Waals surface area (Å²) in [5.74, 6) is 0.491. The first kappa shape index (κ1) is 26.1. The first-order valence-corrected chi connectivity index (χ1v) is 14.0. The van der Waals surface area contributed by atoms with Crippen LogP contribution in [0.2, 0.25) is 0 Å². The van der Waals surface area contributed by atoms with E-state index in [1.165, 1.54) is 6.07 Å². The molecule has 0 N–H and O–H groups in total. The Morgan fingerprint density at radius 3 is 1.14 bits per heavy atom. The molecule has 0 spiro atoms. The summed E-state index contributed by atoms with van der Waals surface area (Å²) >= 11 is 0. The standard InChI is InChI=1S/C38H25FN4/c39-32-22-21-30(36-25-33(26-13-5-1-6-14-26)40-37(41-36)29-19-11-4-12-20-29)23-31(32)38-42-34(27-15-7-2-8-16-27)24-35(43-38)28-17-9-3-10-18-28/h1-25H. The predicted molar refractivity (Wildman–Crippen MR) is 170 cm³/mol. The SMILES string of the molecule is Fc1ccc(-c2cc(-c3ccccc3)nc(-c3ccccc3)n2)cc1-c1nc(-c2ccccc2)cc(-c2ccccc2)n1. The van der Waals surface area contributed by atoms with Gasteiger partial charge in [-0.25, -0.2) is 24.3 Å². The van der Waals surface area contributed by atoms with Crippen LogP contribution in [0.4, 0.5) is 4.39 Å². The highest BCUT2D eigenvalue weighted by atomic mass is 19.1. The topological polar surface area (TPSA) is 51.6 Å². The van der Waals surface area contributed by atoms with Crippen LogP contribution in [0.5, 0.6) is 0 Å². The van der Waals surface area contributed by atoms with Crippen molar-refractivity contribution in [2.24, 2.45) is 0 Å². The van der Waals surface area contributed by atoms with Crippen molar-refractivity contribution in [3.63, 3.8) is 0 Å². The van der Waals surface area contributed by atoms with Crippen molar-refractivity contribution in [1.29, 1.82) is 0 Å². The summed E-state index contributed by atoms with van der Waals surface area (Å²) in [6.07, 6.45) is 0. The molecule has 5 aromatic carbocycles. The number of rotatable bonds is 6. The van der Waals surface area contributed by atoms with E-state index in [2.05, 4.69) is 0 Å². The van der Waals surface area contributed by atoms with Crippen LogP contribution in [0.1, 0.15) is 0 Å². The van der Waals surface area contributed by atoms with Gasteiger partial charge < -0.3 is 0 Å². The van der Waals surface area contributed by atoms with E-state index in [9.17, 15) is 0 Å². The lowest BCUT2D eigenvalue weighted by Crippen LogP contribution is -1.99. The van der Waals surface area contributed by atoms with Gasteiger partial charge in [0.05, 0.1) is 28.3 Å². The molecule has 0 radical (unpaired) electrons. The summed E-state index contributed by atoms with van der Waals surface area (Å²) in [5, 5.41) is 0. The minimum atomic E-state index is -0.409. The maximum atomic E-state index is 15.6. The molecule has 43 heavy (non-hydrogen) atoms. The number of nitrogens with zero attached hydrogens (tertiary/aromatic N) is 4. The summed E-state index contributed by atoms with van der Waals surface area (Å²) in [6.45, 7) is 0. The number of halogens is 1. The van der Waals surface area contributed by atoms with Gasteiger partial charge in [-0.2, -0.15) is 0 Å². The first-order chi connectivity index (χ1) is 21.2. The molecule has 7 aromatic rings. The number of hydrogen-bond donors (Lipinski definition) is 0. The lowest BCUT2D eigenvalue weighted by atomic mass is 10.0. The molecule has 0 aliphatic rings. The van der Waals surface area contributed by atoms with Crippen molar-refractivity contribution in [2.75, 3.05) is 0 Å². The van der Waals surface area contributed by atoms with Gasteiger partial charge in [-0.15, -0.1) is 0 Å². The fourth-order valence-corrected chi connectivity index (χ4v) is 5.01. The Bertz CT molecular complexity index is 1900. The summed E-state index contributed by atoms with van der Waals surface area (Å²) in [6, 6.07) is 48.4. The largest absolute Gasteiger partial charge is 0.228 e. The molecule has 4 nitrogen and oxygen atoms in total. The maximum absolute atomic E-state index is 15.6. The lowest BCUT2D eigenvalue weighted by Gasteiger charge is -2.12. The number of benzene rings is 5. The molecule has 0 saturated carbocycles. The maximum Gasteiger partial charge on any atom is 0.163 e. The smallest absolute Gasteiger partial charge is 0.163 e. The first-order valence-electron chi connectivity index (χ1n) is 14.0. The Kier molecular flexibility index (Phi) is 7.04. The highest BCUT2D eigenvalue weighted by molar-refractivity contribution is 5.76. The molecule has 0 amide bonds. The van der Waals surface area contributed by atoms with Gasteiger partial charge in [-0.3, -0.25) is 0 Å². The molecular weight excluding hydrogens is 531 g/mol. The van der Waals surface area contributed by atoms with E-state index in [-0.39, 0.29) is 0 Å². The molecule has 0 atom stereocenters. The Balaban J connectivity index is 1.40. The Morgan fingerprint density at radius 1 is 0.326 bits per heavy atom. The summed E-state index contributed by atoms with van der Waals surface area (Å²) in [7, 11) is 0. The van der Waals surface area contributed by atoms with Crippen molar-refractivity contribution in [1.82, 2.24) is 19.9 Å². The fourth-order valence-electron chi connectivity index (χ4n) is 5.01. The lowest BCUT2D eigenvalue weighted by molar-refractivity contribution is 0.630. The minimum absolute atomic E-state index is 0.300. The Morgan fingerprint density at radius 2 is 0.698 bits per heavy atom. The van der Waals surface area contributed by atoms with Crippen LogP contribution >= 0.6 is 0 Å². The Labute approximate surface area is 249 Å². The Hall–Kier alpha value is -5.81. The van der Waals surface area contributed by atoms with Crippen molar-refractivity contribution in [3.8, 4) is 67.8 Å².